The van der Waals surface area contributed by atoms with E-state index in [0.29, 0.717) is 26.9 Å². The van der Waals surface area contributed by atoms with E-state index in [2.05, 4.69) is 5.32 Å². The molecule has 0 aliphatic carbocycles. The zero-order chi connectivity index (χ0) is 17.7. The first kappa shape index (κ1) is 18.6. The lowest BCUT2D eigenvalue weighted by Gasteiger charge is -2.16. The van der Waals surface area contributed by atoms with Crippen LogP contribution in [0.1, 0.15) is 35.9 Å². The first-order chi connectivity index (χ1) is 11.4. The third-order valence-corrected chi connectivity index (χ3v) is 3.66. The van der Waals surface area contributed by atoms with E-state index >= 15 is 0 Å². The van der Waals surface area contributed by atoms with Gasteiger partial charge in [0.25, 0.3) is 5.91 Å². The van der Waals surface area contributed by atoms with E-state index in [9.17, 15) is 9.90 Å². The molecule has 0 aliphatic rings. The van der Waals surface area contributed by atoms with E-state index in [1.54, 1.807) is 42.5 Å². The van der Waals surface area contributed by atoms with Crippen LogP contribution in [0.4, 0.5) is 0 Å². The first-order valence-corrected chi connectivity index (χ1v) is 8.30. The van der Waals surface area contributed by atoms with Crippen LogP contribution in [-0.2, 0) is 0 Å². The molecule has 2 aromatic carbocycles. The Labute approximate surface area is 151 Å². The summed E-state index contributed by atoms with van der Waals surface area (Å²) in [5.74, 6) is 0.184. The van der Waals surface area contributed by atoms with Crippen molar-refractivity contribution in [3.63, 3.8) is 0 Å². The number of para-hydroxylation sites is 1. The number of amides is 1. The Morgan fingerprint density at radius 1 is 1.17 bits per heavy atom. The van der Waals surface area contributed by atoms with Gasteiger partial charge in [-0.25, -0.2) is 0 Å². The Bertz CT molecular complexity index is 699. The summed E-state index contributed by atoms with van der Waals surface area (Å²) < 4.78 is 5.63. The Morgan fingerprint density at radius 2 is 1.79 bits per heavy atom. The van der Waals surface area contributed by atoms with Gasteiger partial charge in [-0.05, 0) is 49.7 Å². The molecule has 128 valence electrons. The van der Waals surface area contributed by atoms with Gasteiger partial charge < -0.3 is 15.2 Å². The topological polar surface area (TPSA) is 58.6 Å². The molecular formula is C18H19Cl2NO3. The number of ether oxygens (including phenoxy) is 1. The van der Waals surface area contributed by atoms with Crippen molar-refractivity contribution in [3.05, 3.63) is 63.6 Å². The summed E-state index contributed by atoms with van der Waals surface area (Å²) in [5, 5.41) is 13.8. The molecule has 0 saturated carbocycles. The molecule has 1 amide bonds. The zero-order valence-electron chi connectivity index (χ0n) is 13.4. The molecule has 0 radical (unpaired) electrons. The second-order valence-electron chi connectivity index (χ2n) is 5.59. The molecular weight excluding hydrogens is 349 g/mol. The van der Waals surface area contributed by atoms with Crippen LogP contribution in [0, 0.1) is 0 Å². The van der Waals surface area contributed by atoms with Crippen LogP contribution >= 0.6 is 23.2 Å². The SMILES string of the molecule is CC(C)Oc1ccccc1C(=O)NCC(O)c1cc(Cl)cc(Cl)c1. The van der Waals surface area contributed by atoms with Crippen molar-refractivity contribution in [1.82, 2.24) is 5.32 Å². The Morgan fingerprint density at radius 3 is 2.42 bits per heavy atom. The molecule has 0 aromatic heterocycles. The highest BCUT2D eigenvalue weighted by molar-refractivity contribution is 6.34. The molecule has 1 unspecified atom stereocenters. The third-order valence-electron chi connectivity index (χ3n) is 3.22. The van der Waals surface area contributed by atoms with Crippen molar-refractivity contribution in [2.24, 2.45) is 0 Å². The highest BCUT2D eigenvalue weighted by Gasteiger charge is 2.15. The average molecular weight is 368 g/mol. The van der Waals surface area contributed by atoms with Gasteiger partial charge in [0.05, 0.1) is 17.8 Å². The molecule has 1 atom stereocenters. The number of carbonyl (C=O) groups is 1. The summed E-state index contributed by atoms with van der Waals surface area (Å²) in [6.45, 7) is 3.81. The van der Waals surface area contributed by atoms with E-state index in [-0.39, 0.29) is 18.6 Å². The van der Waals surface area contributed by atoms with Gasteiger partial charge in [-0.2, -0.15) is 0 Å². The number of nitrogens with one attached hydrogen (secondary N) is 1. The largest absolute Gasteiger partial charge is 0.490 e. The number of hydrogen-bond acceptors (Lipinski definition) is 3. The van der Waals surface area contributed by atoms with Crippen molar-refractivity contribution in [2.45, 2.75) is 26.1 Å². The number of carbonyl (C=O) groups excluding carboxylic acids is 1. The summed E-state index contributed by atoms with van der Waals surface area (Å²) in [4.78, 5) is 12.4. The molecule has 0 bridgehead atoms. The highest BCUT2D eigenvalue weighted by atomic mass is 35.5. The summed E-state index contributed by atoms with van der Waals surface area (Å²) in [6, 6.07) is 11.8. The smallest absolute Gasteiger partial charge is 0.255 e. The predicted octanol–water partition coefficient (Wildman–Crippen LogP) is 4.24. The molecule has 24 heavy (non-hydrogen) atoms. The van der Waals surface area contributed by atoms with E-state index in [1.165, 1.54) is 0 Å². The summed E-state index contributed by atoms with van der Waals surface area (Å²) in [5.41, 5.74) is 0.960. The number of halogens is 2. The second kappa shape index (κ2) is 8.38. The van der Waals surface area contributed by atoms with Crippen molar-refractivity contribution in [1.29, 1.82) is 0 Å². The normalized spacial score (nSPS) is 12.1. The van der Waals surface area contributed by atoms with Crippen LogP contribution in [0.15, 0.2) is 42.5 Å². The maximum absolute atomic E-state index is 12.4. The molecule has 0 heterocycles. The first-order valence-electron chi connectivity index (χ1n) is 7.54. The molecule has 0 aliphatic heterocycles. The number of rotatable bonds is 6. The van der Waals surface area contributed by atoms with Crippen LogP contribution in [0.5, 0.6) is 5.75 Å². The van der Waals surface area contributed by atoms with E-state index in [4.69, 9.17) is 27.9 Å². The van der Waals surface area contributed by atoms with Crippen molar-refractivity contribution < 1.29 is 14.6 Å². The lowest BCUT2D eigenvalue weighted by atomic mass is 10.1. The van der Waals surface area contributed by atoms with Crippen LogP contribution in [0.25, 0.3) is 0 Å². The molecule has 0 spiro atoms. The van der Waals surface area contributed by atoms with Crippen LogP contribution in [0.2, 0.25) is 10.0 Å². The maximum Gasteiger partial charge on any atom is 0.255 e. The minimum absolute atomic E-state index is 0.0333. The summed E-state index contributed by atoms with van der Waals surface area (Å²) in [6.07, 6.45) is -0.957. The van der Waals surface area contributed by atoms with Gasteiger partial charge in [0, 0.05) is 16.6 Å². The van der Waals surface area contributed by atoms with Crippen LogP contribution in [-0.4, -0.2) is 23.7 Å². The van der Waals surface area contributed by atoms with Gasteiger partial charge in [0.1, 0.15) is 5.75 Å². The number of aliphatic hydroxyl groups is 1. The molecule has 0 fully saturated rings. The van der Waals surface area contributed by atoms with Crippen LogP contribution in [0.3, 0.4) is 0 Å². The number of benzene rings is 2. The van der Waals surface area contributed by atoms with Gasteiger partial charge in [0.2, 0.25) is 0 Å². The van der Waals surface area contributed by atoms with Crippen molar-refractivity contribution >= 4 is 29.1 Å². The summed E-state index contributed by atoms with van der Waals surface area (Å²) in [7, 11) is 0. The van der Waals surface area contributed by atoms with E-state index < -0.39 is 6.10 Å². The molecule has 2 rings (SSSR count). The lowest BCUT2D eigenvalue weighted by molar-refractivity contribution is 0.0910. The Kier molecular flexibility index (Phi) is 6.49. The Hall–Kier alpha value is -1.75. The predicted molar refractivity (Wildman–Crippen MR) is 96.0 cm³/mol. The minimum Gasteiger partial charge on any atom is -0.490 e. The summed E-state index contributed by atoms with van der Waals surface area (Å²) >= 11 is 11.8. The molecule has 6 heteroatoms. The van der Waals surface area contributed by atoms with E-state index in [1.807, 2.05) is 13.8 Å². The molecule has 0 saturated heterocycles. The van der Waals surface area contributed by atoms with Gasteiger partial charge in [-0.15, -0.1) is 0 Å². The monoisotopic (exact) mass is 367 g/mol. The molecule has 4 nitrogen and oxygen atoms in total. The third kappa shape index (κ3) is 5.13. The minimum atomic E-state index is -0.914. The number of aliphatic hydroxyl groups excluding tert-OH is 1. The number of hydrogen-bond donors (Lipinski definition) is 2. The molecule has 2 aromatic rings. The van der Waals surface area contributed by atoms with Gasteiger partial charge in [-0.1, -0.05) is 35.3 Å². The average Bonchev–Trinajstić information content (AvgIpc) is 2.51. The molecule has 2 N–H and O–H groups in total. The van der Waals surface area contributed by atoms with Crippen molar-refractivity contribution in [2.75, 3.05) is 6.54 Å². The van der Waals surface area contributed by atoms with Gasteiger partial charge >= 0.3 is 0 Å². The highest BCUT2D eigenvalue weighted by Crippen LogP contribution is 2.24. The lowest BCUT2D eigenvalue weighted by Crippen LogP contribution is -2.29. The fourth-order valence-electron chi connectivity index (χ4n) is 2.18. The fourth-order valence-corrected chi connectivity index (χ4v) is 2.72. The van der Waals surface area contributed by atoms with Gasteiger partial charge in [0.15, 0.2) is 0 Å². The van der Waals surface area contributed by atoms with E-state index in [0.717, 1.165) is 0 Å². The van der Waals surface area contributed by atoms with Crippen LogP contribution < -0.4 is 10.1 Å². The van der Waals surface area contributed by atoms with Crippen molar-refractivity contribution in [3.8, 4) is 5.75 Å². The Balaban J connectivity index is 2.05. The standard InChI is InChI=1S/C18H19Cl2NO3/c1-11(2)24-17-6-4-3-5-15(17)18(23)21-10-16(22)12-7-13(19)9-14(20)8-12/h3-9,11,16,22H,10H2,1-2H3,(H,21,23). The maximum atomic E-state index is 12.4. The zero-order valence-corrected chi connectivity index (χ0v) is 14.9. The van der Waals surface area contributed by atoms with Gasteiger partial charge in [-0.3, -0.25) is 4.79 Å². The fraction of sp³-hybridized carbons (Fsp3) is 0.278. The quantitative estimate of drug-likeness (QED) is 0.802. The second-order valence-corrected chi connectivity index (χ2v) is 6.46.